The second-order valence-electron chi connectivity index (χ2n) is 7.22. The van der Waals surface area contributed by atoms with Crippen LogP contribution in [0.5, 0.6) is 0 Å². The maximum atomic E-state index is 5.84. The first-order valence-corrected chi connectivity index (χ1v) is 9.16. The SMILES string of the molecule is CCc1ccc(-c2cc(-c3ccc4c(c3)C=CC4C(C)C)co2)cc1. The summed E-state index contributed by atoms with van der Waals surface area (Å²) in [6.07, 6.45) is 7.51. The Balaban J connectivity index is 1.63. The van der Waals surface area contributed by atoms with Gasteiger partial charge in [-0.1, -0.05) is 69.3 Å². The quantitative estimate of drug-likeness (QED) is 0.505. The average molecular weight is 328 g/mol. The van der Waals surface area contributed by atoms with Gasteiger partial charge >= 0.3 is 0 Å². The van der Waals surface area contributed by atoms with Crippen molar-refractivity contribution in [3.05, 3.63) is 77.6 Å². The lowest BCUT2D eigenvalue weighted by atomic mass is 9.89. The van der Waals surface area contributed by atoms with Gasteiger partial charge in [0.25, 0.3) is 0 Å². The Labute approximate surface area is 150 Å². The van der Waals surface area contributed by atoms with Gasteiger partial charge < -0.3 is 4.42 Å². The lowest BCUT2D eigenvalue weighted by Gasteiger charge is -2.15. The molecule has 0 fully saturated rings. The third-order valence-electron chi connectivity index (χ3n) is 5.23. The highest BCUT2D eigenvalue weighted by molar-refractivity contribution is 5.74. The number of benzene rings is 2. The van der Waals surface area contributed by atoms with Gasteiger partial charge in [0.2, 0.25) is 0 Å². The largest absolute Gasteiger partial charge is 0.464 e. The van der Waals surface area contributed by atoms with Crippen molar-refractivity contribution in [1.82, 2.24) is 0 Å². The second kappa shape index (κ2) is 6.40. The summed E-state index contributed by atoms with van der Waals surface area (Å²) in [4.78, 5) is 0. The van der Waals surface area contributed by atoms with Crippen LogP contribution in [0.15, 0.2) is 65.3 Å². The summed E-state index contributed by atoms with van der Waals surface area (Å²) < 4.78 is 5.84. The molecular formula is C24H24O. The molecule has 0 N–H and O–H groups in total. The Morgan fingerprint density at radius 3 is 2.40 bits per heavy atom. The lowest BCUT2D eigenvalue weighted by molar-refractivity contribution is 0.583. The zero-order valence-electron chi connectivity index (χ0n) is 15.1. The first-order chi connectivity index (χ1) is 12.2. The predicted molar refractivity (Wildman–Crippen MR) is 106 cm³/mol. The van der Waals surface area contributed by atoms with Crippen LogP contribution in [0, 0.1) is 5.92 Å². The fraction of sp³-hybridized carbons (Fsp3) is 0.250. The van der Waals surface area contributed by atoms with Crippen LogP contribution in [0.1, 0.15) is 43.4 Å². The van der Waals surface area contributed by atoms with Gasteiger partial charge in [-0.25, -0.2) is 0 Å². The molecule has 4 rings (SSSR count). The molecule has 1 aliphatic rings. The van der Waals surface area contributed by atoms with E-state index in [1.54, 1.807) is 0 Å². The van der Waals surface area contributed by atoms with E-state index in [2.05, 4.69) is 81.5 Å². The minimum atomic E-state index is 0.543. The minimum Gasteiger partial charge on any atom is -0.464 e. The van der Waals surface area contributed by atoms with Crippen molar-refractivity contribution < 1.29 is 4.42 Å². The van der Waals surface area contributed by atoms with Crippen molar-refractivity contribution in [2.75, 3.05) is 0 Å². The highest BCUT2D eigenvalue weighted by Gasteiger charge is 2.20. The molecule has 0 amide bonds. The number of furan rings is 1. The van der Waals surface area contributed by atoms with Gasteiger partial charge in [-0.05, 0) is 46.7 Å². The van der Waals surface area contributed by atoms with Crippen molar-refractivity contribution in [2.45, 2.75) is 33.1 Å². The van der Waals surface area contributed by atoms with E-state index in [0.29, 0.717) is 11.8 Å². The van der Waals surface area contributed by atoms with E-state index in [0.717, 1.165) is 23.3 Å². The van der Waals surface area contributed by atoms with Crippen LogP contribution in [-0.2, 0) is 6.42 Å². The summed E-state index contributed by atoms with van der Waals surface area (Å²) in [5, 5.41) is 0. The lowest BCUT2D eigenvalue weighted by Crippen LogP contribution is -2.01. The number of fused-ring (bicyclic) bond motifs is 1. The van der Waals surface area contributed by atoms with Crippen molar-refractivity contribution in [3.63, 3.8) is 0 Å². The maximum absolute atomic E-state index is 5.84. The molecule has 2 aromatic carbocycles. The first-order valence-electron chi connectivity index (χ1n) is 9.16. The number of rotatable bonds is 4. The molecule has 0 spiro atoms. The number of allylic oxidation sites excluding steroid dienone is 1. The van der Waals surface area contributed by atoms with E-state index in [1.165, 1.54) is 22.3 Å². The Morgan fingerprint density at radius 2 is 1.68 bits per heavy atom. The summed E-state index contributed by atoms with van der Waals surface area (Å²) in [6.45, 7) is 6.74. The number of aryl methyl sites for hydroxylation is 1. The smallest absolute Gasteiger partial charge is 0.134 e. The van der Waals surface area contributed by atoms with Gasteiger partial charge in [0.1, 0.15) is 5.76 Å². The third-order valence-corrected chi connectivity index (χ3v) is 5.23. The second-order valence-corrected chi connectivity index (χ2v) is 7.22. The normalized spacial score (nSPS) is 15.8. The fourth-order valence-electron chi connectivity index (χ4n) is 3.64. The van der Waals surface area contributed by atoms with Crippen LogP contribution in [-0.4, -0.2) is 0 Å². The van der Waals surface area contributed by atoms with Gasteiger partial charge in [-0.15, -0.1) is 0 Å². The first kappa shape index (κ1) is 16.0. The van der Waals surface area contributed by atoms with Gasteiger partial charge in [-0.2, -0.15) is 0 Å². The van der Waals surface area contributed by atoms with Gasteiger partial charge in [0.05, 0.1) is 6.26 Å². The minimum absolute atomic E-state index is 0.543. The summed E-state index contributed by atoms with van der Waals surface area (Å²) >= 11 is 0. The van der Waals surface area contributed by atoms with Crippen LogP contribution in [0.4, 0.5) is 0 Å². The molecule has 1 aromatic heterocycles. The average Bonchev–Trinajstić information content (AvgIpc) is 3.28. The molecule has 1 nitrogen and oxygen atoms in total. The molecule has 25 heavy (non-hydrogen) atoms. The van der Waals surface area contributed by atoms with Crippen LogP contribution in [0.3, 0.4) is 0 Å². The number of hydrogen-bond donors (Lipinski definition) is 0. The molecular weight excluding hydrogens is 304 g/mol. The van der Waals surface area contributed by atoms with Crippen molar-refractivity contribution in [1.29, 1.82) is 0 Å². The highest BCUT2D eigenvalue weighted by atomic mass is 16.3. The van der Waals surface area contributed by atoms with Crippen LogP contribution < -0.4 is 0 Å². The van der Waals surface area contributed by atoms with E-state index in [9.17, 15) is 0 Å². The molecule has 1 aliphatic carbocycles. The summed E-state index contributed by atoms with van der Waals surface area (Å²) in [6, 6.07) is 17.5. The highest BCUT2D eigenvalue weighted by Crippen LogP contribution is 2.38. The Morgan fingerprint density at radius 1 is 0.920 bits per heavy atom. The van der Waals surface area contributed by atoms with E-state index in [-0.39, 0.29) is 0 Å². The molecule has 0 saturated carbocycles. The summed E-state index contributed by atoms with van der Waals surface area (Å²) in [5.74, 6) is 2.10. The van der Waals surface area contributed by atoms with E-state index >= 15 is 0 Å². The van der Waals surface area contributed by atoms with Gasteiger partial charge in [0.15, 0.2) is 0 Å². The number of hydrogen-bond acceptors (Lipinski definition) is 1. The molecule has 1 unspecified atom stereocenters. The van der Waals surface area contributed by atoms with Crippen molar-refractivity contribution >= 4 is 6.08 Å². The van der Waals surface area contributed by atoms with E-state index in [1.807, 2.05) is 6.26 Å². The predicted octanol–water partition coefficient (Wildman–Crippen LogP) is 6.94. The zero-order chi connectivity index (χ0) is 17.4. The topological polar surface area (TPSA) is 13.1 Å². The monoisotopic (exact) mass is 328 g/mol. The molecule has 1 heterocycles. The fourth-order valence-corrected chi connectivity index (χ4v) is 3.64. The van der Waals surface area contributed by atoms with E-state index < -0.39 is 0 Å². The van der Waals surface area contributed by atoms with Crippen LogP contribution >= 0.6 is 0 Å². The van der Waals surface area contributed by atoms with Crippen LogP contribution in [0.2, 0.25) is 0 Å². The molecule has 0 bridgehead atoms. The van der Waals surface area contributed by atoms with Gasteiger partial charge in [-0.3, -0.25) is 0 Å². The molecule has 1 heteroatoms. The standard InChI is InChI=1S/C24H24O/c1-4-17-5-7-18(8-6-17)24-14-21(15-25-24)19-9-12-23-20(13-19)10-11-22(23)16(2)3/h5-16,22H,4H2,1-3H3. The zero-order valence-corrected chi connectivity index (χ0v) is 15.1. The van der Waals surface area contributed by atoms with Crippen molar-refractivity contribution in [2.24, 2.45) is 5.92 Å². The van der Waals surface area contributed by atoms with E-state index in [4.69, 9.17) is 4.42 Å². The molecule has 0 saturated heterocycles. The third kappa shape index (κ3) is 2.95. The summed E-state index contributed by atoms with van der Waals surface area (Å²) in [7, 11) is 0. The molecule has 0 radical (unpaired) electrons. The Bertz CT molecular complexity index is 910. The summed E-state index contributed by atoms with van der Waals surface area (Å²) in [5.41, 5.74) is 7.61. The molecule has 1 atom stereocenters. The molecule has 126 valence electrons. The molecule has 0 aliphatic heterocycles. The van der Waals surface area contributed by atoms with Crippen LogP contribution in [0.25, 0.3) is 28.5 Å². The maximum Gasteiger partial charge on any atom is 0.134 e. The van der Waals surface area contributed by atoms with Crippen molar-refractivity contribution in [3.8, 4) is 22.5 Å². The van der Waals surface area contributed by atoms with Gasteiger partial charge in [0, 0.05) is 17.0 Å². The Kier molecular flexibility index (Phi) is 4.09. The Hall–Kier alpha value is -2.54. The molecule has 3 aromatic rings.